The third-order valence-corrected chi connectivity index (χ3v) is 1.39. The highest BCUT2D eigenvalue weighted by atomic mass is 16.5. The van der Waals surface area contributed by atoms with Crippen molar-refractivity contribution in [2.24, 2.45) is 0 Å². The van der Waals surface area contributed by atoms with E-state index in [1.165, 1.54) is 19.1 Å². The average Bonchev–Trinajstić information content (AvgIpc) is 2.18. The van der Waals surface area contributed by atoms with Gasteiger partial charge in [-0.25, -0.2) is 4.79 Å². The molecule has 1 N–H and O–H groups in total. The Kier molecular flexibility index (Phi) is 8.20. The molecule has 0 aliphatic carbocycles. The minimum absolute atomic E-state index is 0.186. The van der Waals surface area contributed by atoms with Gasteiger partial charge in [-0.3, -0.25) is 4.90 Å². The van der Waals surface area contributed by atoms with Gasteiger partial charge >= 0.3 is 6.03 Å². The van der Waals surface area contributed by atoms with Crippen molar-refractivity contribution in [3.05, 3.63) is 0 Å². The minimum Gasteiger partial charge on any atom is -0.364 e. The Hall–Kier alpha value is -0.850. The fraction of sp³-hybridized carbons (Fsp3) is 0.875. The van der Waals surface area contributed by atoms with Gasteiger partial charge in [-0.15, -0.1) is 0 Å². The van der Waals surface area contributed by atoms with Crippen molar-refractivity contribution in [3.63, 3.8) is 0 Å². The van der Waals surface area contributed by atoms with Crippen molar-refractivity contribution < 1.29 is 19.0 Å². The van der Waals surface area contributed by atoms with Gasteiger partial charge in [0.1, 0.15) is 20.2 Å². The molecule has 0 aliphatic rings. The lowest BCUT2D eigenvalue weighted by atomic mass is 10.7. The van der Waals surface area contributed by atoms with Crippen LogP contribution < -0.4 is 5.32 Å². The summed E-state index contributed by atoms with van der Waals surface area (Å²) in [5, 5.41) is 2.56. The van der Waals surface area contributed by atoms with Gasteiger partial charge in [0.2, 0.25) is 0 Å². The van der Waals surface area contributed by atoms with Crippen LogP contribution in [0.15, 0.2) is 0 Å². The molecular formula is C8H18N2O4. The van der Waals surface area contributed by atoms with E-state index >= 15 is 0 Å². The van der Waals surface area contributed by atoms with Gasteiger partial charge in [0.15, 0.2) is 0 Å². The maximum absolute atomic E-state index is 11.4. The number of ether oxygens (including phenoxy) is 3. The second-order valence-electron chi connectivity index (χ2n) is 2.49. The lowest BCUT2D eigenvalue weighted by Gasteiger charge is -2.20. The van der Waals surface area contributed by atoms with Crippen LogP contribution in [0.3, 0.4) is 0 Å². The van der Waals surface area contributed by atoms with E-state index < -0.39 is 0 Å². The Morgan fingerprint density at radius 1 is 1.29 bits per heavy atom. The normalized spacial score (nSPS) is 9.93. The van der Waals surface area contributed by atoms with Crippen LogP contribution in [-0.2, 0) is 14.2 Å². The molecule has 6 heteroatoms. The molecule has 0 unspecified atom stereocenters. The van der Waals surface area contributed by atoms with Crippen LogP contribution in [0.1, 0.15) is 6.92 Å². The number of hydrogen-bond acceptors (Lipinski definition) is 4. The number of amides is 2. The zero-order valence-corrected chi connectivity index (χ0v) is 8.91. The van der Waals surface area contributed by atoms with E-state index in [9.17, 15) is 4.79 Å². The molecule has 0 saturated carbocycles. The van der Waals surface area contributed by atoms with E-state index in [4.69, 9.17) is 14.2 Å². The van der Waals surface area contributed by atoms with Crippen molar-refractivity contribution in [3.8, 4) is 0 Å². The van der Waals surface area contributed by atoms with Crippen molar-refractivity contribution in [1.82, 2.24) is 10.2 Å². The van der Waals surface area contributed by atoms with Crippen molar-refractivity contribution in [2.75, 3.05) is 41.0 Å². The first-order chi connectivity index (χ1) is 6.76. The molecule has 0 fully saturated rings. The summed E-state index contributed by atoms with van der Waals surface area (Å²) in [6.07, 6.45) is 0. The zero-order chi connectivity index (χ0) is 10.8. The van der Waals surface area contributed by atoms with Crippen LogP contribution in [0.4, 0.5) is 4.79 Å². The van der Waals surface area contributed by atoms with E-state index in [-0.39, 0.29) is 26.2 Å². The molecule has 0 spiro atoms. The first kappa shape index (κ1) is 13.2. The number of carbonyl (C=O) groups is 1. The van der Waals surface area contributed by atoms with Gasteiger partial charge in [0.05, 0.1) is 0 Å². The molecule has 0 rings (SSSR count). The van der Waals surface area contributed by atoms with Gasteiger partial charge < -0.3 is 19.5 Å². The second kappa shape index (κ2) is 8.74. The molecule has 0 bridgehead atoms. The van der Waals surface area contributed by atoms with Gasteiger partial charge in [0, 0.05) is 20.8 Å². The molecule has 0 aromatic rings. The predicted octanol–water partition coefficient (Wildman–Crippen LogP) is 0.200. The highest BCUT2D eigenvalue weighted by molar-refractivity contribution is 5.73. The Bertz CT molecular complexity index is 148. The fourth-order valence-corrected chi connectivity index (χ4v) is 0.793. The minimum atomic E-state index is -0.276. The Morgan fingerprint density at radius 3 is 2.29 bits per heavy atom. The Morgan fingerprint density at radius 2 is 1.86 bits per heavy atom. The van der Waals surface area contributed by atoms with Crippen LogP contribution in [0.5, 0.6) is 0 Å². The number of hydrogen-bond donors (Lipinski definition) is 1. The summed E-state index contributed by atoms with van der Waals surface area (Å²) in [6, 6.07) is -0.276. The molecule has 0 aromatic carbocycles. The topological polar surface area (TPSA) is 60.0 Å². The number of rotatable bonds is 7. The molecule has 14 heavy (non-hydrogen) atoms. The highest BCUT2D eigenvalue weighted by Crippen LogP contribution is 1.89. The smallest absolute Gasteiger partial charge is 0.322 e. The van der Waals surface area contributed by atoms with Gasteiger partial charge in [0.25, 0.3) is 0 Å². The van der Waals surface area contributed by atoms with Crippen molar-refractivity contribution >= 4 is 6.03 Å². The third kappa shape index (κ3) is 5.74. The van der Waals surface area contributed by atoms with E-state index in [2.05, 4.69) is 5.32 Å². The summed E-state index contributed by atoms with van der Waals surface area (Å²) in [5.41, 5.74) is 0. The molecular weight excluding hydrogens is 188 g/mol. The summed E-state index contributed by atoms with van der Waals surface area (Å²) in [4.78, 5) is 12.7. The Balaban J connectivity index is 3.76. The number of methoxy groups -OCH3 is 2. The molecule has 0 heterocycles. The zero-order valence-electron chi connectivity index (χ0n) is 8.91. The summed E-state index contributed by atoms with van der Waals surface area (Å²) in [6.45, 7) is 2.99. The predicted molar refractivity (Wildman–Crippen MR) is 50.6 cm³/mol. The monoisotopic (exact) mass is 206 g/mol. The van der Waals surface area contributed by atoms with Gasteiger partial charge in [-0.2, -0.15) is 0 Å². The molecule has 2 amide bonds. The van der Waals surface area contributed by atoms with Gasteiger partial charge in [-0.05, 0) is 6.92 Å². The maximum Gasteiger partial charge on any atom is 0.322 e. The van der Waals surface area contributed by atoms with E-state index in [1.54, 1.807) is 0 Å². The van der Waals surface area contributed by atoms with E-state index in [1.807, 2.05) is 6.92 Å². The summed E-state index contributed by atoms with van der Waals surface area (Å²) >= 11 is 0. The molecule has 84 valence electrons. The largest absolute Gasteiger partial charge is 0.364 e. The van der Waals surface area contributed by atoms with E-state index in [0.29, 0.717) is 6.61 Å². The van der Waals surface area contributed by atoms with Crippen LogP contribution >= 0.6 is 0 Å². The first-order valence-corrected chi connectivity index (χ1v) is 4.34. The molecule has 0 saturated heterocycles. The van der Waals surface area contributed by atoms with E-state index in [0.717, 1.165) is 0 Å². The first-order valence-electron chi connectivity index (χ1n) is 4.34. The lowest BCUT2D eigenvalue weighted by molar-refractivity contribution is 0.00917. The molecule has 6 nitrogen and oxygen atoms in total. The maximum atomic E-state index is 11.4. The quantitative estimate of drug-likeness (QED) is 0.477. The van der Waals surface area contributed by atoms with Crippen LogP contribution in [0, 0.1) is 0 Å². The van der Waals surface area contributed by atoms with Crippen LogP contribution in [-0.4, -0.2) is 51.9 Å². The lowest BCUT2D eigenvalue weighted by Crippen LogP contribution is -2.42. The fourth-order valence-electron chi connectivity index (χ4n) is 0.793. The second-order valence-corrected chi connectivity index (χ2v) is 2.49. The third-order valence-electron chi connectivity index (χ3n) is 1.39. The number of nitrogens with one attached hydrogen (secondary N) is 1. The molecule has 0 radical (unpaired) electrons. The SMILES string of the molecule is CCOCNC(=O)N(COC)COC. The summed E-state index contributed by atoms with van der Waals surface area (Å²) < 4.78 is 14.6. The molecule has 0 aliphatic heterocycles. The van der Waals surface area contributed by atoms with Crippen molar-refractivity contribution in [1.29, 1.82) is 0 Å². The van der Waals surface area contributed by atoms with Crippen LogP contribution in [0.2, 0.25) is 0 Å². The molecule has 0 aromatic heterocycles. The standard InChI is InChI=1S/C8H18N2O4/c1-4-14-5-9-8(11)10(6-12-2)7-13-3/h4-7H2,1-3H3,(H,9,11). The Labute approximate surface area is 84.1 Å². The average molecular weight is 206 g/mol. The molecule has 0 atom stereocenters. The van der Waals surface area contributed by atoms with Gasteiger partial charge in [-0.1, -0.05) is 0 Å². The van der Waals surface area contributed by atoms with Crippen molar-refractivity contribution in [2.45, 2.75) is 6.92 Å². The number of nitrogens with zero attached hydrogens (tertiary/aromatic N) is 1. The number of urea groups is 1. The van der Waals surface area contributed by atoms with Crippen LogP contribution in [0.25, 0.3) is 0 Å². The number of carbonyl (C=O) groups excluding carboxylic acids is 1. The summed E-state index contributed by atoms with van der Waals surface area (Å²) in [7, 11) is 3.02. The highest BCUT2D eigenvalue weighted by Gasteiger charge is 2.11. The summed E-state index contributed by atoms with van der Waals surface area (Å²) in [5.74, 6) is 0.